The minimum Gasteiger partial charge on any atom is -0.508 e. The van der Waals surface area contributed by atoms with Crippen molar-refractivity contribution in [2.75, 3.05) is 5.73 Å². The van der Waals surface area contributed by atoms with E-state index < -0.39 is 0 Å². The lowest BCUT2D eigenvalue weighted by Gasteiger charge is -1.97. The molecule has 3 nitrogen and oxygen atoms in total. The van der Waals surface area contributed by atoms with E-state index in [1.54, 1.807) is 18.2 Å². The third-order valence-electron chi connectivity index (χ3n) is 3.00. The Balaban J connectivity index is 0.000000151. The highest BCUT2D eigenvalue weighted by molar-refractivity contribution is 5.87. The van der Waals surface area contributed by atoms with E-state index in [1.807, 2.05) is 43.3 Å². The van der Waals surface area contributed by atoms with Gasteiger partial charge in [0.15, 0.2) is 0 Å². The molecule has 3 aromatic carbocycles. The molecule has 0 unspecified atom stereocenters. The fraction of sp³-hybridized carbons (Fsp3) is 0.0588. The number of nitrogen functional groups attached to an aromatic ring is 1. The Hall–Kier alpha value is -2.68. The van der Waals surface area contributed by atoms with Crippen LogP contribution in [-0.2, 0) is 0 Å². The molecule has 0 bridgehead atoms. The molecule has 4 N–H and O–H groups in total. The van der Waals surface area contributed by atoms with Gasteiger partial charge in [-0.1, -0.05) is 42.5 Å². The zero-order chi connectivity index (χ0) is 14.5. The molecule has 0 heterocycles. The SMILES string of the molecule is Cc1ccc(N)cc1O.Oc1cccc2ccccc12. The summed E-state index contributed by atoms with van der Waals surface area (Å²) in [6.07, 6.45) is 0. The smallest absolute Gasteiger partial charge is 0.123 e. The second kappa shape index (κ2) is 5.97. The maximum absolute atomic E-state index is 9.37. The van der Waals surface area contributed by atoms with Crippen LogP contribution in [0, 0.1) is 6.92 Å². The quantitative estimate of drug-likeness (QED) is 0.542. The van der Waals surface area contributed by atoms with Crippen LogP contribution < -0.4 is 5.73 Å². The predicted molar refractivity (Wildman–Crippen MR) is 82.9 cm³/mol. The largest absolute Gasteiger partial charge is 0.508 e. The van der Waals surface area contributed by atoms with Crippen LogP contribution in [0.15, 0.2) is 60.7 Å². The molecule has 0 aromatic heterocycles. The summed E-state index contributed by atoms with van der Waals surface area (Å²) in [6.45, 7) is 1.83. The first-order valence-electron chi connectivity index (χ1n) is 6.30. The summed E-state index contributed by atoms with van der Waals surface area (Å²) < 4.78 is 0. The summed E-state index contributed by atoms with van der Waals surface area (Å²) in [5.74, 6) is 0.609. The first kappa shape index (κ1) is 13.7. The highest BCUT2D eigenvalue weighted by atomic mass is 16.3. The van der Waals surface area contributed by atoms with Gasteiger partial charge in [0.2, 0.25) is 0 Å². The second-order valence-corrected chi connectivity index (χ2v) is 4.54. The van der Waals surface area contributed by atoms with Crippen molar-refractivity contribution in [3.05, 3.63) is 66.2 Å². The van der Waals surface area contributed by atoms with E-state index in [1.165, 1.54) is 6.07 Å². The number of aryl methyl sites for hydroxylation is 1. The van der Waals surface area contributed by atoms with Crippen LogP contribution in [-0.4, -0.2) is 10.2 Å². The average molecular weight is 267 g/mol. The van der Waals surface area contributed by atoms with E-state index in [4.69, 9.17) is 10.8 Å². The van der Waals surface area contributed by atoms with Gasteiger partial charge in [0, 0.05) is 17.1 Å². The fourth-order valence-corrected chi connectivity index (χ4v) is 1.83. The van der Waals surface area contributed by atoms with Gasteiger partial charge in [-0.05, 0) is 30.0 Å². The minimum absolute atomic E-state index is 0.259. The van der Waals surface area contributed by atoms with E-state index in [2.05, 4.69) is 0 Å². The summed E-state index contributed by atoms with van der Waals surface area (Å²) >= 11 is 0. The monoisotopic (exact) mass is 267 g/mol. The Bertz CT molecular complexity index is 718. The first-order chi connectivity index (χ1) is 9.58. The molecular formula is C17H17NO2. The Morgan fingerprint density at radius 1 is 0.800 bits per heavy atom. The van der Waals surface area contributed by atoms with Crippen molar-refractivity contribution in [1.29, 1.82) is 0 Å². The summed E-state index contributed by atoms with van der Waals surface area (Å²) in [5.41, 5.74) is 6.81. The Labute approximate surface area is 117 Å². The highest BCUT2D eigenvalue weighted by Gasteiger charge is 1.94. The molecule has 0 saturated heterocycles. The molecule has 0 saturated carbocycles. The van der Waals surface area contributed by atoms with E-state index >= 15 is 0 Å². The van der Waals surface area contributed by atoms with E-state index in [0.717, 1.165) is 16.3 Å². The van der Waals surface area contributed by atoms with Gasteiger partial charge in [0.25, 0.3) is 0 Å². The van der Waals surface area contributed by atoms with Crippen molar-refractivity contribution >= 4 is 16.5 Å². The molecule has 3 aromatic rings. The van der Waals surface area contributed by atoms with Crippen LogP contribution in [0.25, 0.3) is 10.8 Å². The molecule has 0 radical (unpaired) electrons. The lowest BCUT2D eigenvalue weighted by atomic mass is 10.1. The number of benzene rings is 3. The van der Waals surface area contributed by atoms with Crippen molar-refractivity contribution in [2.24, 2.45) is 0 Å². The average Bonchev–Trinajstić information content (AvgIpc) is 2.45. The summed E-state index contributed by atoms with van der Waals surface area (Å²) in [6, 6.07) is 18.4. The Morgan fingerprint density at radius 3 is 2.15 bits per heavy atom. The van der Waals surface area contributed by atoms with Gasteiger partial charge in [0.1, 0.15) is 11.5 Å². The minimum atomic E-state index is 0.259. The predicted octanol–water partition coefficient (Wildman–Crippen LogP) is 3.83. The van der Waals surface area contributed by atoms with Crippen molar-refractivity contribution < 1.29 is 10.2 Å². The third-order valence-corrected chi connectivity index (χ3v) is 3.00. The summed E-state index contributed by atoms with van der Waals surface area (Å²) in [7, 11) is 0. The Kier molecular flexibility index (Phi) is 4.11. The number of nitrogens with two attached hydrogens (primary N) is 1. The molecule has 3 heteroatoms. The van der Waals surface area contributed by atoms with Crippen LogP contribution >= 0.6 is 0 Å². The molecule has 102 valence electrons. The topological polar surface area (TPSA) is 66.5 Å². The van der Waals surface area contributed by atoms with Crippen molar-refractivity contribution in [2.45, 2.75) is 6.92 Å². The van der Waals surface area contributed by atoms with Gasteiger partial charge in [-0.15, -0.1) is 0 Å². The molecule has 20 heavy (non-hydrogen) atoms. The standard InChI is InChI=1S/C10H8O.C7H9NO/c11-10-7-3-5-8-4-1-2-6-9(8)10;1-5-2-3-6(8)4-7(5)9/h1-7,11H;2-4,9H,8H2,1H3. The normalized spacial score (nSPS) is 9.85. The highest BCUT2D eigenvalue weighted by Crippen LogP contribution is 2.23. The number of anilines is 1. The molecule has 0 amide bonds. The number of phenolic OH excluding ortho intramolecular Hbond substituents is 2. The van der Waals surface area contributed by atoms with Gasteiger partial charge >= 0.3 is 0 Å². The van der Waals surface area contributed by atoms with Crippen LogP contribution in [0.5, 0.6) is 11.5 Å². The molecular weight excluding hydrogens is 250 g/mol. The molecule has 0 aliphatic carbocycles. The molecule has 0 atom stereocenters. The van der Waals surface area contributed by atoms with Crippen molar-refractivity contribution in [3.8, 4) is 11.5 Å². The molecule has 0 aliphatic heterocycles. The zero-order valence-electron chi connectivity index (χ0n) is 11.2. The number of fused-ring (bicyclic) bond motifs is 1. The number of aromatic hydroxyl groups is 2. The van der Waals surface area contributed by atoms with Crippen molar-refractivity contribution in [3.63, 3.8) is 0 Å². The number of hydrogen-bond donors (Lipinski definition) is 3. The third kappa shape index (κ3) is 3.20. The van der Waals surface area contributed by atoms with E-state index in [-0.39, 0.29) is 5.75 Å². The van der Waals surface area contributed by atoms with Crippen molar-refractivity contribution in [1.82, 2.24) is 0 Å². The van der Waals surface area contributed by atoms with Gasteiger partial charge in [0.05, 0.1) is 0 Å². The Morgan fingerprint density at radius 2 is 1.50 bits per heavy atom. The van der Waals surface area contributed by atoms with Gasteiger partial charge in [-0.25, -0.2) is 0 Å². The second-order valence-electron chi connectivity index (χ2n) is 4.54. The van der Waals surface area contributed by atoms with E-state index in [9.17, 15) is 5.11 Å². The first-order valence-corrected chi connectivity index (χ1v) is 6.30. The van der Waals surface area contributed by atoms with Gasteiger partial charge < -0.3 is 15.9 Å². The fourth-order valence-electron chi connectivity index (χ4n) is 1.83. The molecule has 0 aliphatic rings. The maximum Gasteiger partial charge on any atom is 0.123 e. The lowest BCUT2D eigenvalue weighted by molar-refractivity contribution is 0.471. The van der Waals surface area contributed by atoms with Gasteiger partial charge in [-0.2, -0.15) is 0 Å². The lowest BCUT2D eigenvalue weighted by Crippen LogP contribution is -1.83. The number of hydrogen-bond acceptors (Lipinski definition) is 3. The molecule has 3 rings (SSSR count). The van der Waals surface area contributed by atoms with E-state index in [0.29, 0.717) is 11.4 Å². The maximum atomic E-state index is 9.37. The molecule has 0 fully saturated rings. The van der Waals surface area contributed by atoms with Crippen LogP contribution in [0.2, 0.25) is 0 Å². The van der Waals surface area contributed by atoms with Crippen LogP contribution in [0.4, 0.5) is 5.69 Å². The zero-order valence-corrected chi connectivity index (χ0v) is 11.2. The van der Waals surface area contributed by atoms with Gasteiger partial charge in [-0.3, -0.25) is 0 Å². The van der Waals surface area contributed by atoms with Crippen LogP contribution in [0.3, 0.4) is 0 Å². The summed E-state index contributed by atoms with van der Waals surface area (Å²) in [4.78, 5) is 0. The number of phenols is 2. The van der Waals surface area contributed by atoms with Crippen LogP contribution in [0.1, 0.15) is 5.56 Å². The molecule has 0 spiro atoms. The number of rotatable bonds is 0. The summed E-state index contributed by atoms with van der Waals surface area (Å²) in [5, 5.41) is 20.4.